The van der Waals surface area contributed by atoms with Crippen LogP contribution in [0.1, 0.15) is 19.4 Å². The smallest absolute Gasteiger partial charge is 0.417 e. The molecular weight excluding hydrogens is 417 g/mol. The third-order valence-corrected chi connectivity index (χ3v) is 6.75. The first-order valence-corrected chi connectivity index (χ1v) is 10.8. The van der Waals surface area contributed by atoms with Crippen LogP contribution in [0.15, 0.2) is 52.4 Å². The molecule has 1 aromatic carbocycles. The summed E-state index contributed by atoms with van der Waals surface area (Å²) in [7, 11) is -3.42. The summed E-state index contributed by atoms with van der Waals surface area (Å²) in [5, 5.41) is 2.34. The van der Waals surface area contributed by atoms with E-state index in [4.69, 9.17) is 0 Å². The van der Waals surface area contributed by atoms with Crippen molar-refractivity contribution in [3.63, 3.8) is 0 Å². The number of alkyl halides is 3. The molecule has 0 saturated heterocycles. The highest BCUT2D eigenvalue weighted by Gasteiger charge is 2.42. The van der Waals surface area contributed by atoms with Crippen LogP contribution < -0.4 is 5.32 Å². The van der Waals surface area contributed by atoms with Crippen molar-refractivity contribution in [2.24, 2.45) is 0 Å². The molecule has 1 atom stereocenters. The summed E-state index contributed by atoms with van der Waals surface area (Å²) < 4.78 is 72.0. The van der Waals surface area contributed by atoms with Gasteiger partial charge in [0.25, 0.3) is 5.91 Å². The van der Waals surface area contributed by atoms with E-state index >= 15 is 0 Å². The lowest BCUT2D eigenvalue weighted by atomic mass is 10.2. The van der Waals surface area contributed by atoms with Crippen molar-refractivity contribution in [2.45, 2.75) is 34.6 Å². The van der Waals surface area contributed by atoms with Crippen LogP contribution in [-0.2, 0) is 32.0 Å². The molecular formula is C17H17F3N2O4S2. The van der Waals surface area contributed by atoms with Crippen molar-refractivity contribution in [1.29, 1.82) is 0 Å². The molecule has 0 aliphatic heterocycles. The Morgan fingerprint density at radius 3 is 2.11 bits per heavy atom. The van der Waals surface area contributed by atoms with Crippen molar-refractivity contribution in [1.82, 2.24) is 4.98 Å². The molecule has 2 aromatic rings. The van der Waals surface area contributed by atoms with Crippen molar-refractivity contribution in [2.75, 3.05) is 11.6 Å². The summed E-state index contributed by atoms with van der Waals surface area (Å²) in [5.41, 5.74) is -0.959. The first-order valence-electron chi connectivity index (χ1n) is 7.79. The SMILES string of the molecule is CC(C)(C(=O)Nc1ccc(C(F)(F)F)cn1)[S+]([O-])c1ccc(S(C)(=O)=O)cc1. The van der Waals surface area contributed by atoms with Crippen LogP contribution >= 0.6 is 0 Å². The third kappa shape index (κ3) is 5.03. The van der Waals surface area contributed by atoms with Crippen molar-refractivity contribution < 1.29 is 30.9 Å². The van der Waals surface area contributed by atoms with Gasteiger partial charge in [0.1, 0.15) is 5.82 Å². The topological polar surface area (TPSA) is 99.2 Å². The van der Waals surface area contributed by atoms with Gasteiger partial charge in [-0.05, 0) is 50.2 Å². The minimum absolute atomic E-state index is 0.0458. The number of hydrogen-bond acceptors (Lipinski definition) is 5. The monoisotopic (exact) mass is 434 g/mol. The molecule has 152 valence electrons. The summed E-state index contributed by atoms with van der Waals surface area (Å²) in [5.74, 6) is -0.833. The molecule has 0 spiro atoms. The number of benzene rings is 1. The number of rotatable bonds is 5. The van der Waals surface area contributed by atoms with Gasteiger partial charge >= 0.3 is 6.18 Å². The number of nitrogens with one attached hydrogen (secondary N) is 1. The molecule has 0 aliphatic rings. The molecule has 1 aromatic heterocycles. The fraction of sp³-hybridized carbons (Fsp3) is 0.294. The number of anilines is 1. The molecule has 1 heterocycles. The molecule has 6 nitrogen and oxygen atoms in total. The Morgan fingerprint density at radius 1 is 1.11 bits per heavy atom. The third-order valence-electron chi connectivity index (χ3n) is 3.81. The lowest BCUT2D eigenvalue weighted by Gasteiger charge is -2.26. The van der Waals surface area contributed by atoms with Gasteiger partial charge in [-0.15, -0.1) is 0 Å². The highest BCUT2D eigenvalue weighted by atomic mass is 32.2. The van der Waals surface area contributed by atoms with Crippen LogP contribution in [0.3, 0.4) is 0 Å². The number of halogens is 3. The van der Waals surface area contributed by atoms with Gasteiger partial charge in [-0.25, -0.2) is 13.4 Å². The van der Waals surface area contributed by atoms with Crippen LogP contribution in [-0.4, -0.2) is 34.9 Å². The van der Waals surface area contributed by atoms with Crippen LogP contribution in [0, 0.1) is 0 Å². The zero-order chi connectivity index (χ0) is 21.3. The summed E-state index contributed by atoms with van der Waals surface area (Å²) in [6.07, 6.45) is -2.93. The number of carbonyl (C=O) groups is 1. The molecule has 0 saturated carbocycles. The summed E-state index contributed by atoms with van der Waals surface area (Å²) >= 11 is -1.87. The predicted molar refractivity (Wildman–Crippen MR) is 97.9 cm³/mol. The molecule has 0 fully saturated rings. The van der Waals surface area contributed by atoms with Crippen molar-refractivity contribution in [3.05, 3.63) is 48.2 Å². The van der Waals surface area contributed by atoms with E-state index in [9.17, 15) is 30.9 Å². The quantitative estimate of drug-likeness (QED) is 0.730. The Morgan fingerprint density at radius 2 is 1.68 bits per heavy atom. The summed E-state index contributed by atoms with van der Waals surface area (Å²) in [6.45, 7) is 2.79. The number of nitrogens with zero attached hydrogens (tertiary/aromatic N) is 1. The van der Waals surface area contributed by atoms with Crippen LogP contribution in [0.4, 0.5) is 19.0 Å². The molecule has 0 bridgehead atoms. The molecule has 11 heteroatoms. The maximum Gasteiger partial charge on any atom is 0.417 e. The minimum Gasteiger partial charge on any atom is -0.611 e. The molecule has 28 heavy (non-hydrogen) atoms. The van der Waals surface area contributed by atoms with Gasteiger partial charge in [-0.3, -0.25) is 4.79 Å². The normalized spacial score (nSPS) is 13.8. The van der Waals surface area contributed by atoms with Gasteiger partial charge < -0.3 is 9.87 Å². The van der Waals surface area contributed by atoms with E-state index in [0.717, 1.165) is 18.4 Å². The van der Waals surface area contributed by atoms with E-state index in [1.165, 1.54) is 38.1 Å². The molecule has 0 aliphatic carbocycles. The van der Waals surface area contributed by atoms with Crippen LogP contribution in [0.2, 0.25) is 0 Å². The number of hydrogen-bond donors (Lipinski definition) is 1. The summed E-state index contributed by atoms with van der Waals surface area (Å²) in [4.78, 5) is 16.3. The highest BCUT2D eigenvalue weighted by molar-refractivity contribution is 7.93. The Labute approximate surface area is 163 Å². The van der Waals surface area contributed by atoms with E-state index in [1.807, 2.05) is 0 Å². The average molecular weight is 434 g/mol. The first kappa shape index (κ1) is 22.2. The molecule has 1 N–H and O–H groups in total. The van der Waals surface area contributed by atoms with E-state index in [0.29, 0.717) is 6.20 Å². The van der Waals surface area contributed by atoms with Gasteiger partial charge in [0, 0.05) is 23.6 Å². The van der Waals surface area contributed by atoms with E-state index in [-0.39, 0.29) is 15.6 Å². The fourth-order valence-electron chi connectivity index (χ4n) is 2.09. The van der Waals surface area contributed by atoms with E-state index in [2.05, 4.69) is 10.3 Å². The van der Waals surface area contributed by atoms with Crippen molar-refractivity contribution >= 4 is 32.7 Å². The second-order valence-electron chi connectivity index (χ2n) is 6.41. The number of pyridine rings is 1. The fourth-order valence-corrected chi connectivity index (χ4v) is 3.91. The Bertz CT molecular complexity index is 957. The molecule has 1 amide bonds. The van der Waals surface area contributed by atoms with Crippen LogP contribution in [0.5, 0.6) is 0 Å². The number of carbonyl (C=O) groups excluding carboxylic acids is 1. The van der Waals surface area contributed by atoms with Crippen LogP contribution in [0.25, 0.3) is 0 Å². The molecule has 2 rings (SSSR count). The molecule has 0 radical (unpaired) electrons. The zero-order valence-electron chi connectivity index (χ0n) is 15.1. The van der Waals surface area contributed by atoms with Gasteiger partial charge in [-0.2, -0.15) is 13.2 Å². The number of aromatic nitrogens is 1. The maximum absolute atomic E-state index is 12.8. The largest absolute Gasteiger partial charge is 0.611 e. The van der Waals surface area contributed by atoms with Gasteiger partial charge in [0.2, 0.25) is 4.75 Å². The lowest BCUT2D eigenvalue weighted by molar-refractivity contribution is -0.137. The second kappa shape index (κ2) is 7.72. The zero-order valence-corrected chi connectivity index (χ0v) is 16.7. The Hall–Kier alpha value is -2.11. The van der Waals surface area contributed by atoms with Gasteiger partial charge in [0.15, 0.2) is 14.7 Å². The highest BCUT2D eigenvalue weighted by Crippen LogP contribution is 2.30. The Kier molecular flexibility index (Phi) is 6.12. The number of sulfone groups is 1. The van der Waals surface area contributed by atoms with Gasteiger partial charge in [0.05, 0.1) is 10.5 Å². The second-order valence-corrected chi connectivity index (χ2v) is 10.5. The number of amides is 1. The van der Waals surface area contributed by atoms with Crippen molar-refractivity contribution in [3.8, 4) is 0 Å². The molecule has 1 unspecified atom stereocenters. The average Bonchev–Trinajstić information content (AvgIpc) is 2.60. The first-order chi connectivity index (χ1) is 12.7. The lowest BCUT2D eigenvalue weighted by Crippen LogP contribution is -2.44. The standard InChI is InChI=1S/C17H17F3N2O4S2/c1-16(2,27(24)12-5-7-13(8-6-12)28(3,25)26)15(23)22-14-9-4-11(10-21-14)17(18,19)20/h4-10H,1-3H3,(H,21,22,23). The summed E-state index contributed by atoms with van der Waals surface area (Å²) in [6, 6.07) is 7.04. The van der Waals surface area contributed by atoms with E-state index in [1.54, 1.807) is 0 Å². The Balaban J connectivity index is 2.17. The van der Waals surface area contributed by atoms with Gasteiger partial charge in [-0.1, -0.05) is 0 Å². The minimum atomic E-state index is -4.55. The predicted octanol–water partition coefficient (Wildman–Crippen LogP) is 3.03. The van der Waals surface area contributed by atoms with E-state index < -0.39 is 43.4 Å². The maximum atomic E-state index is 12.8.